The standard InChI is InChI=1S/C14H13BrF2N2O2/c1-21-5-4-19-14(10(15)8-18-19)13(20)7-9-2-3-11(16)12(17)6-9/h2-3,6,8H,4-5,7H2,1H3. The van der Waals surface area contributed by atoms with Crippen molar-refractivity contribution in [2.75, 3.05) is 13.7 Å². The Labute approximate surface area is 128 Å². The Balaban J connectivity index is 2.19. The highest BCUT2D eigenvalue weighted by atomic mass is 79.9. The molecule has 0 bridgehead atoms. The van der Waals surface area contributed by atoms with E-state index in [2.05, 4.69) is 21.0 Å². The van der Waals surface area contributed by atoms with Crippen LogP contribution in [-0.4, -0.2) is 29.3 Å². The molecule has 0 amide bonds. The number of benzene rings is 1. The van der Waals surface area contributed by atoms with Crippen LogP contribution in [0.2, 0.25) is 0 Å². The number of Topliss-reactive ketones (excluding diaryl/α,β-unsaturated/α-hetero) is 1. The predicted molar refractivity (Wildman–Crippen MR) is 76.2 cm³/mol. The zero-order chi connectivity index (χ0) is 15.4. The number of hydrogen-bond acceptors (Lipinski definition) is 3. The van der Waals surface area contributed by atoms with Crippen LogP contribution >= 0.6 is 15.9 Å². The third kappa shape index (κ3) is 3.74. The Hall–Kier alpha value is -1.60. The van der Waals surface area contributed by atoms with E-state index in [9.17, 15) is 13.6 Å². The highest BCUT2D eigenvalue weighted by Gasteiger charge is 2.18. The van der Waals surface area contributed by atoms with Gasteiger partial charge in [0.05, 0.1) is 23.8 Å². The van der Waals surface area contributed by atoms with E-state index in [4.69, 9.17) is 4.74 Å². The number of methoxy groups -OCH3 is 1. The molecule has 2 rings (SSSR count). The monoisotopic (exact) mass is 358 g/mol. The van der Waals surface area contributed by atoms with Crippen LogP contribution in [0, 0.1) is 11.6 Å². The van der Waals surface area contributed by atoms with Crippen LogP contribution in [0.4, 0.5) is 8.78 Å². The number of rotatable bonds is 6. The van der Waals surface area contributed by atoms with E-state index >= 15 is 0 Å². The molecule has 0 unspecified atom stereocenters. The van der Waals surface area contributed by atoms with Crippen molar-refractivity contribution >= 4 is 21.7 Å². The van der Waals surface area contributed by atoms with Gasteiger partial charge in [-0.15, -0.1) is 0 Å². The van der Waals surface area contributed by atoms with Crippen LogP contribution in [0.1, 0.15) is 16.1 Å². The summed E-state index contributed by atoms with van der Waals surface area (Å²) in [6, 6.07) is 3.42. The van der Waals surface area contributed by atoms with Gasteiger partial charge in [-0.3, -0.25) is 9.48 Å². The summed E-state index contributed by atoms with van der Waals surface area (Å²) in [6.45, 7) is 0.848. The molecule has 0 spiro atoms. The minimum absolute atomic E-state index is 0.0333. The van der Waals surface area contributed by atoms with Crippen molar-refractivity contribution in [2.24, 2.45) is 0 Å². The van der Waals surface area contributed by atoms with Gasteiger partial charge in [0, 0.05) is 13.5 Å². The van der Waals surface area contributed by atoms with E-state index in [1.807, 2.05) is 0 Å². The first-order valence-corrected chi connectivity index (χ1v) is 6.99. The van der Waals surface area contributed by atoms with E-state index < -0.39 is 11.6 Å². The molecule has 21 heavy (non-hydrogen) atoms. The van der Waals surface area contributed by atoms with Crippen molar-refractivity contribution in [3.63, 3.8) is 0 Å². The average Bonchev–Trinajstić information content (AvgIpc) is 2.81. The van der Waals surface area contributed by atoms with E-state index in [0.29, 0.717) is 28.9 Å². The fraction of sp³-hybridized carbons (Fsp3) is 0.286. The van der Waals surface area contributed by atoms with Gasteiger partial charge in [-0.25, -0.2) is 8.78 Å². The fourth-order valence-corrected chi connectivity index (χ4v) is 2.42. The number of hydrogen-bond donors (Lipinski definition) is 0. The zero-order valence-corrected chi connectivity index (χ0v) is 12.9. The summed E-state index contributed by atoms with van der Waals surface area (Å²) in [4.78, 5) is 12.3. The third-order valence-corrected chi connectivity index (χ3v) is 3.50. The molecule has 1 aromatic heterocycles. The molecule has 0 fully saturated rings. The lowest BCUT2D eigenvalue weighted by molar-refractivity contribution is 0.0978. The van der Waals surface area contributed by atoms with Gasteiger partial charge in [-0.05, 0) is 33.6 Å². The largest absolute Gasteiger partial charge is 0.383 e. The van der Waals surface area contributed by atoms with Crippen molar-refractivity contribution in [2.45, 2.75) is 13.0 Å². The normalized spacial score (nSPS) is 10.9. The van der Waals surface area contributed by atoms with Gasteiger partial charge >= 0.3 is 0 Å². The van der Waals surface area contributed by atoms with Gasteiger partial charge in [-0.1, -0.05) is 6.07 Å². The second-order valence-electron chi connectivity index (χ2n) is 4.41. The first kappa shape index (κ1) is 15.8. The van der Waals surface area contributed by atoms with E-state index in [0.717, 1.165) is 12.1 Å². The molecule has 0 saturated heterocycles. The van der Waals surface area contributed by atoms with Gasteiger partial charge in [0.15, 0.2) is 17.4 Å². The van der Waals surface area contributed by atoms with Crippen molar-refractivity contribution in [3.05, 3.63) is 51.8 Å². The van der Waals surface area contributed by atoms with Crippen LogP contribution < -0.4 is 0 Å². The smallest absolute Gasteiger partial charge is 0.186 e. The van der Waals surface area contributed by atoms with Gasteiger partial charge in [0.25, 0.3) is 0 Å². The molecule has 0 aliphatic heterocycles. The Morgan fingerprint density at radius 2 is 2.14 bits per heavy atom. The van der Waals surface area contributed by atoms with Crippen LogP contribution in [0.15, 0.2) is 28.9 Å². The molecular weight excluding hydrogens is 346 g/mol. The maximum atomic E-state index is 13.2. The third-order valence-electron chi connectivity index (χ3n) is 2.91. The molecule has 1 aromatic carbocycles. The number of nitrogens with zero attached hydrogens (tertiary/aromatic N) is 2. The Kier molecular flexibility index (Phi) is 5.19. The lowest BCUT2D eigenvalue weighted by atomic mass is 10.1. The molecule has 7 heteroatoms. The van der Waals surface area contributed by atoms with Crippen molar-refractivity contribution < 1.29 is 18.3 Å². The molecule has 0 aliphatic rings. The summed E-state index contributed by atoms with van der Waals surface area (Å²) < 4.78 is 33.1. The molecule has 4 nitrogen and oxygen atoms in total. The average molecular weight is 359 g/mol. The van der Waals surface area contributed by atoms with Crippen LogP contribution in [0.5, 0.6) is 0 Å². The van der Waals surface area contributed by atoms with Crippen LogP contribution in [-0.2, 0) is 17.7 Å². The quantitative estimate of drug-likeness (QED) is 0.745. The van der Waals surface area contributed by atoms with Gasteiger partial charge in [-0.2, -0.15) is 5.10 Å². The van der Waals surface area contributed by atoms with Crippen molar-refractivity contribution in [1.29, 1.82) is 0 Å². The minimum atomic E-state index is -0.966. The maximum absolute atomic E-state index is 13.2. The minimum Gasteiger partial charge on any atom is -0.383 e. The van der Waals surface area contributed by atoms with Gasteiger partial charge in [0.1, 0.15) is 5.69 Å². The number of halogens is 3. The van der Waals surface area contributed by atoms with Crippen molar-refractivity contribution in [1.82, 2.24) is 9.78 Å². The van der Waals surface area contributed by atoms with E-state index in [1.165, 1.54) is 16.9 Å². The summed E-state index contributed by atoms with van der Waals surface area (Å²) in [6.07, 6.45) is 1.49. The van der Waals surface area contributed by atoms with E-state index in [-0.39, 0.29) is 12.2 Å². The Morgan fingerprint density at radius 3 is 2.81 bits per heavy atom. The Morgan fingerprint density at radius 1 is 1.38 bits per heavy atom. The predicted octanol–water partition coefficient (Wildman–Crippen LogP) is 3.00. The molecule has 112 valence electrons. The maximum Gasteiger partial charge on any atom is 0.186 e. The highest BCUT2D eigenvalue weighted by Crippen LogP contribution is 2.19. The second kappa shape index (κ2) is 6.91. The number of aromatic nitrogens is 2. The summed E-state index contributed by atoms with van der Waals surface area (Å²) in [5.41, 5.74) is 0.794. The molecule has 0 radical (unpaired) electrons. The number of carbonyl (C=O) groups excluding carboxylic acids is 1. The fourth-order valence-electron chi connectivity index (χ4n) is 1.91. The molecule has 2 aromatic rings. The summed E-state index contributed by atoms with van der Waals surface area (Å²) >= 11 is 3.27. The van der Waals surface area contributed by atoms with Gasteiger partial charge in [0.2, 0.25) is 0 Å². The lowest BCUT2D eigenvalue weighted by Crippen LogP contribution is -2.15. The van der Waals surface area contributed by atoms with Crippen LogP contribution in [0.3, 0.4) is 0 Å². The molecular formula is C14H13BrF2N2O2. The summed E-state index contributed by atoms with van der Waals surface area (Å²) in [5, 5.41) is 4.08. The second-order valence-corrected chi connectivity index (χ2v) is 5.26. The molecule has 0 aliphatic carbocycles. The SMILES string of the molecule is COCCn1ncc(Br)c1C(=O)Cc1ccc(F)c(F)c1. The molecule has 0 saturated carbocycles. The number of ether oxygens (including phenoxy) is 1. The van der Waals surface area contributed by atoms with E-state index in [1.54, 1.807) is 7.11 Å². The topological polar surface area (TPSA) is 44.1 Å². The first-order chi connectivity index (χ1) is 10.0. The number of ketones is 1. The first-order valence-electron chi connectivity index (χ1n) is 6.20. The number of carbonyl (C=O) groups is 1. The van der Waals surface area contributed by atoms with Gasteiger partial charge < -0.3 is 4.74 Å². The summed E-state index contributed by atoms with van der Waals surface area (Å²) in [7, 11) is 1.56. The van der Waals surface area contributed by atoms with Crippen LogP contribution in [0.25, 0.3) is 0 Å². The lowest BCUT2D eigenvalue weighted by Gasteiger charge is -2.07. The zero-order valence-electron chi connectivity index (χ0n) is 11.3. The molecule has 0 atom stereocenters. The molecule has 1 heterocycles. The summed E-state index contributed by atoms with van der Waals surface area (Å²) in [5.74, 6) is -2.13. The highest BCUT2D eigenvalue weighted by molar-refractivity contribution is 9.10. The molecule has 0 N–H and O–H groups in total. The van der Waals surface area contributed by atoms with Crippen molar-refractivity contribution in [3.8, 4) is 0 Å². The Bertz CT molecular complexity index is 658.